The molecule has 8 heteroatoms. The molecule has 6 atom stereocenters. The molecule has 180 valence electrons. The Morgan fingerprint density at radius 1 is 1.22 bits per heavy atom. The number of nitrogens with one attached hydrogen (secondary N) is 1. The van der Waals surface area contributed by atoms with Gasteiger partial charge in [0.15, 0.2) is 0 Å². The lowest BCUT2D eigenvalue weighted by Crippen LogP contribution is -2.63. The summed E-state index contributed by atoms with van der Waals surface area (Å²) in [5, 5.41) is 2.81. The lowest BCUT2D eigenvalue weighted by molar-refractivity contribution is -0.185. The molecule has 0 radical (unpaired) electrons. The fraction of sp³-hybridized carbons (Fsp3) is 0.917. The average molecular weight is 448 g/mol. The lowest BCUT2D eigenvalue weighted by atomic mass is 9.45. The van der Waals surface area contributed by atoms with Crippen molar-refractivity contribution in [1.29, 1.82) is 0 Å². The maximum atomic E-state index is 13.6. The second kappa shape index (κ2) is 7.90. The molecular weight excluding hydrogens is 407 g/mol. The summed E-state index contributed by atoms with van der Waals surface area (Å²) in [6.45, 7) is 16.9. The molecule has 0 aromatic rings. The molecule has 2 aliphatic heterocycles. The summed E-state index contributed by atoms with van der Waals surface area (Å²) in [4.78, 5) is 27.8. The third-order valence-corrected chi connectivity index (χ3v) is 8.33. The molecule has 5 aliphatic rings. The van der Waals surface area contributed by atoms with Crippen LogP contribution in [0.3, 0.4) is 0 Å². The van der Waals surface area contributed by atoms with Crippen LogP contribution >= 0.6 is 0 Å². The third kappa shape index (κ3) is 4.06. The van der Waals surface area contributed by atoms with E-state index in [0.29, 0.717) is 23.8 Å². The Bertz CT molecular complexity index is 766. The lowest BCUT2D eigenvalue weighted by Gasteiger charge is -2.63. The first-order valence-electron chi connectivity index (χ1n) is 12.4. The van der Waals surface area contributed by atoms with Crippen molar-refractivity contribution in [1.82, 2.24) is 10.2 Å². The molecule has 5 fully saturated rings. The zero-order valence-corrected chi connectivity index (χ0v) is 21.1. The van der Waals surface area contributed by atoms with Crippen molar-refractivity contribution >= 4 is 19.1 Å². The molecule has 3 aliphatic carbocycles. The van der Waals surface area contributed by atoms with Gasteiger partial charge in [-0.05, 0) is 76.5 Å². The molecule has 32 heavy (non-hydrogen) atoms. The molecule has 0 unspecified atom stereocenters. The normalized spacial score (nSPS) is 36.5. The van der Waals surface area contributed by atoms with E-state index in [9.17, 15) is 9.59 Å². The molecule has 2 heterocycles. The van der Waals surface area contributed by atoms with Crippen LogP contribution in [-0.4, -0.2) is 59.9 Å². The van der Waals surface area contributed by atoms with Crippen molar-refractivity contribution in [3.8, 4) is 0 Å². The standard InChI is InChI=1S/C24H41BN2O5/c1-14(2)18(26-21(29)30-22(3,4)5)20(28)27-11-9-10-17(27)25-31-19-16-12-15(23(16,6)7)13-24(19,8)32-25/h14-19H,9-13H2,1-8H3,(H,26,29)/t15-,16+,17+,18+,19-,24+/m1/s1. The van der Waals surface area contributed by atoms with Gasteiger partial charge in [-0.15, -0.1) is 0 Å². The van der Waals surface area contributed by atoms with Gasteiger partial charge < -0.3 is 24.3 Å². The van der Waals surface area contributed by atoms with Gasteiger partial charge >= 0.3 is 13.2 Å². The highest BCUT2D eigenvalue weighted by molar-refractivity contribution is 6.48. The predicted molar refractivity (Wildman–Crippen MR) is 123 cm³/mol. The number of carbonyl (C=O) groups is 2. The minimum atomic E-state index is -0.642. The van der Waals surface area contributed by atoms with E-state index in [2.05, 4.69) is 26.1 Å². The summed E-state index contributed by atoms with van der Waals surface area (Å²) in [5.74, 6) is 0.937. The Morgan fingerprint density at radius 2 is 1.91 bits per heavy atom. The summed E-state index contributed by atoms with van der Waals surface area (Å²) < 4.78 is 18.5. The molecule has 3 saturated carbocycles. The number of ether oxygens (including phenoxy) is 1. The molecule has 1 N–H and O–H groups in total. The van der Waals surface area contributed by atoms with Gasteiger partial charge in [-0.3, -0.25) is 4.79 Å². The van der Waals surface area contributed by atoms with Crippen LogP contribution in [0.15, 0.2) is 0 Å². The molecule has 0 aromatic carbocycles. The number of amides is 2. The van der Waals surface area contributed by atoms with Gasteiger partial charge in [0.25, 0.3) is 0 Å². The predicted octanol–water partition coefficient (Wildman–Crippen LogP) is 3.79. The van der Waals surface area contributed by atoms with E-state index < -0.39 is 24.9 Å². The monoisotopic (exact) mass is 448 g/mol. The average Bonchev–Trinajstić information content (AvgIpc) is 3.27. The van der Waals surface area contributed by atoms with E-state index in [1.165, 1.54) is 6.42 Å². The van der Waals surface area contributed by atoms with E-state index in [1.807, 2.05) is 39.5 Å². The van der Waals surface area contributed by atoms with E-state index in [0.717, 1.165) is 19.3 Å². The summed E-state index contributed by atoms with van der Waals surface area (Å²) in [6, 6.07) is -0.642. The first-order chi connectivity index (χ1) is 14.7. The zero-order chi connectivity index (χ0) is 23.6. The molecular formula is C24H41BN2O5. The van der Waals surface area contributed by atoms with Crippen molar-refractivity contribution in [3.63, 3.8) is 0 Å². The van der Waals surface area contributed by atoms with Crippen LogP contribution in [0.4, 0.5) is 4.79 Å². The molecule has 0 aromatic heterocycles. The summed E-state index contributed by atoms with van der Waals surface area (Å²) in [6.07, 6.45) is 3.53. The summed E-state index contributed by atoms with van der Waals surface area (Å²) >= 11 is 0. The third-order valence-electron chi connectivity index (χ3n) is 8.33. The highest BCUT2D eigenvalue weighted by Crippen LogP contribution is 2.64. The van der Waals surface area contributed by atoms with Gasteiger partial charge in [-0.25, -0.2) is 4.79 Å². The first kappa shape index (κ1) is 23.9. The molecule has 2 amide bonds. The maximum Gasteiger partial charge on any atom is 0.481 e. The Balaban J connectivity index is 1.46. The molecule has 2 saturated heterocycles. The Labute approximate surface area is 193 Å². The largest absolute Gasteiger partial charge is 0.481 e. The zero-order valence-electron chi connectivity index (χ0n) is 21.1. The van der Waals surface area contributed by atoms with Crippen LogP contribution in [0.25, 0.3) is 0 Å². The Kier molecular flexibility index (Phi) is 5.89. The van der Waals surface area contributed by atoms with Crippen LogP contribution < -0.4 is 5.32 Å². The van der Waals surface area contributed by atoms with E-state index >= 15 is 0 Å². The van der Waals surface area contributed by atoms with Gasteiger partial charge in [0.2, 0.25) is 5.91 Å². The molecule has 0 spiro atoms. The van der Waals surface area contributed by atoms with E-state index in [-0.39, 0.29) is 29.5 Å². The van der Waals surface area contributed by atoms with Gasteiger partial charge in [-0.2, -0.15) is 0 Å². The summed E-state index contributed by atoms with van der Waals surface area (Å²) in [5.41, 5.74) is -0.582. The number of alkyl carbamates (subject to hydrolysis) is 1. The van der Waals surface area contributed by atoms with Crippen molar-refractivity contribution in [2.75, 3.05) is 6.54 Å². The van der Waals surface area contributed by atoms with Crippen molar-refractivity contribution < 1.29 is 23.6 Å². The van der Waals surface area contributed by atoms with Gasteiger partial charge in [-0.1, -0.05) is 27.7 Å². The maximum absolute atomic E-state index is 13.6. The van der Waals surface area contributed by atoms with Crippen molar-refractivity contribution in [3.05, 3.63) is 0 Å². The van der Waals surface area contributed by atoms with Gasteiger partial charge in [0, 0.05) is 6.54 Å². The number of carbonyl (C=O) groups excluding carboxylic acids is 2. The van der Waals surface area contributed by atoms with Crippen LogP contribution in [-0.2, 0) is 18.8 Å². The number of hydrogen-bond acceptors (Lipinski definition) is 5. The van der Waals surface area contributed by atoms with Crippen LogP contribution in [0.1, 0.15) is 81.1 Å². The topological polar surface area (TPSA) is 77.1 Å². The quantitative estimate of drug-likeness (QED) is 0.663. The summed E-state index contributed by atoms with van der Waals surface area (Å²) in [7, 11) is -0.402. The second-order valence-electron chi connectivity index (χ2n) is 12.5. The Morgan fingerprint density at radius 3 is 2.50 bits per heavy atom. The second-order valence-corrected chi connectivity index (χ2v) is 12.5. The fourth-order valence-electron chi connectivity index (χ4n) is 6.38. The highest BCUT2D eigenvalue weighted by Gasteiger charge is 2.68. The number of rotatable bonds is 4. The van der Waals surface area contributed by atoms with Crippen LogP contribution in [0.5, 0.6) is 0 Å². The van der Waals surface area contributed by atoms with Crippen LogP contribution in [0, 0.1) is 23.2 Å². The highest BCUT2D eigenvalue weighted by atomic mass is 16.7. The number of nitrogens with zero attached hydrogens (tertiary/aromatic N) is 1. The minimum Gasteiger partial charge on any atom is -0.444 e. The van der Waals surface area contributed by atoms with E-state index in [1.54, 1.807) is 0 Å². The Hall–Kier alpha value is -1.28. The van der Waals surface area contributed by atoms with E-state index in [4.69, 9.17) is 14.0 Å². The smallest absolute Gasteiger partial charge is 0.444 e. The number of hydrogen-bond donors (Lipinski definition) is 1. The SMILES string of the molecule is CC(C)[C@H](NC(=O)OC(C)(C)C)C(=O)N1CCC[C@H]1B1O[C@@H]2[C@@H]3C[C@H](C[C@]2(C)O1)C3(C)C. The molecule has 2 bridgehead atoms. The molecule has 5 rings (SSSR count). The van der Waals surface area contributed by atoms with Crippen molar-refractivity contribution in [2.45, 2.75) is 110 Å². The van der Waals surface area contributed by atoms with Gasteiger partial charge in [0.05, 0.1) is 17.6 Å². The molecule has 7 nitrogen and oxygen atoms in total. The minimum absolute atomic E-state index is 0.0604. The van der Waals surface area contributed by atoms with Gasteiger partial charge in [0.1, 0.15) is 11.6 Å². The fourth-order valence-corrected chi connectivity index (χ4v) is 6.38. The number of likely N-dealkylation sites (tertiary alicyclic amines) is 1. The first-order valence-corrected chi connectivity index (χ1v) is 12.4. The van der Waals surface area contributed by atoms with Crippen molar-refractivity contribution in [2.24, 2.45) is 23.2 Å². The van der Waals surface area contributed by atoms with Crippen LogP contribution in [0.2, 0.25) is 0 Å².